The number of ketones is 2. The van der Waals surface area contributed by atoms with Crippen molar-refractivity contribution in [1.29, 1.82) is 0 Å². The van der Waals surface area contributed by atoms with E-state index >= 15 is 0 Å². The summed E-state index contributed by atoms with van der Waals surface area (Å²) in [5, 5.41) is 0. The summed E-state index contributed by atoms with van der Waals surface area (Å²) in [5.41, 5.74) is 0. The predicted octanol–water partition coefficient (Wildman–Crippen LogP) is 0.523. The first-order valence-corrected chi connectivity index (χ1v) is 4.90. The molecule has 0 N–H and O–H groups in total. The van der Waals surface area contributed by atoms with E-state index in [0.29, 0.717) is 0 Å². The van der Waals surface area contributed by atoms with Gasteiger partial charge in [0.1, 0.15) is 23.9 Å². The Kier molecular flexibility index (Phi) is 9.88. The highest BCUT2D eigenvalue weighted by Gasteiger charge is 2.16. The van der Waals surface area contributed by atoms with Gasteiger partial charge in [0, 0.05) is 0 Å². The molecule has 98 valence electrons. The monoisotopic (exact) mass is 246 g/mol. The third kappa shape index (κ3) is 10.6. The summed E-state index contributed by atoms with van der Waals surface area (Å²) >= 11 is 0. The summed E-state index contributed by atoms with van der Waals surface area (Å²) in [5.74, 6) is -1.89. The fraction of sp³-hybridized carbons (Fsp3) is 0.636. The summed E-state index contributed by atoms with van der Waals surface area (Å²) in [4.78, 5) is 41.2. The van der Waals surface area contributed by atoms with Crippen molar-refractivity contribution in [2.24, 2.45) is 5.92 Å². The average molecular weight is 246 g/mol. The second-order valence-electron chi connectivity index (χ2n) is 3.31. The van der Waals surface area contributed by atoms with Crippen LogP contribution < -0.4 is 0 Å². The number of hydrogen-bond donors (Lipinski definition) is 0. The summed E-state index contributed by atoms with van der Waals surface area (Å²) in [6, 6.07) is 0. The standard InChI is InChI=1S/C6H10O3.C5H8O3/c1-4(5(2)7)6(8)9-3;1-4(6)3-5(7)8-2/h4H,1-3H3;3H2,1-2H3. The smallest absolute Gasteiger partial charge is 0.315 e. The molecule has 0 aliphatic rings. The van der Waals surface area contributed by atoms with Crippen molar-refractivity contribution in [2.45, 2.75) is 27.2 Å². The quantitative estimate of drug-likeness (QED) is 0.531. The van der Waals surface area contributed by atoms with E-state index in [4.69, 9.17) is 0 Å². The molecule has 17 heavy (non-hydrogen) atoms. The maximum absolute atomic E-state index is 10.5. The van der Waals surface area contributed by atoms with Gasteiger partial charge in [0.15, 0.2) is 0 Å². The minimum absolute atomic E-state index is 0.115. The minimum atomic E-state index is -0.616. The van der Waals surface area contributed by atoms with Gasteiger partial charge < -0.3 is 9.47 Å². The first-order valence-electron chi connectivity index (χ1n) is 4.90. The number of ether oxygens (including phenoxy) is 2. The van der Waals surface area contributed by atoms with Gasteiger partial charge in [-0.25, -0.2) is 0 Å². The van der Waals surface area contributed by atoms with E-state index in [1.165, 1.54) is 35.0 Å². The molecule has 0 aliphatic heterocycles. The lowest BCUT2D eigenvalue weighted by molar-refractivity contribution is -0.148. The Labute approximate surface area is 100 Å². The lowest BCUT2D eigenvalue weighted by atomic mass is 10.1. The van der Waals surface area contributed by atoms with E-state index in [0.717, 1.165) is 0 Å². The van der Waals surface area contributed by atoms with Gasteiger partial charge in [-0.1, -0.05) is 0 Å². The molecule has 6 heteroatoms. The first kappa shape index (κ1) is 17.7. The van der Waals surface area contributed by atoms with Crippen LogP contribution in [0.15, 0.2) is 0 Å². The highest BCUT2D eigenvalue weighted by Crippen LogP contribution is 1.97. The fourth-order valence-electron chi connectivity index (χ4n) is 0.618. The van der Waals surface area contributed by atoms with Gasteiger partial charge in [-0.15, -0.1) is 0 Å². The van der Waals surface area contributed by atoms with Crippen LogP contribution in [-0.4, -0.2) is 37.7 Å². The van der Waals surface area contributed by atoms with E-state index in [1.54, 1.807) is 0 Å². The van der Waals surface area contributed by atoms with E-state index < -0.39 is 17.9 Å². The lowest BCUT2D eigenvalue weighted by Crippen LogP contribution is -2.19. The Morgan fingerprint density at radius 1 is 1.00 bits per heavy atom. The lowest BCUT2D eigenvalue weighted by Gasteiger charge is -2.02. The Morgan fingerprint density at radius 3 is 1.59 bits per heavy atom. The zero-order valence-corrected chi connectivity index (χ0v) is 10.7. The Balaban J connectivity index is 0. The van der Waals surface area contributed by atoms with Crippen molar-refractivity contribution in [3.8, 4) is 0 Å². The van der Waals surface area contributed by atoms with Crippen molar-refractivity contribution >= 4 is 23.5 Å². The summed E-state index contributed by atoms with van der Waals surface area (Å²) in [6.07, 6.45) is -0.115. The van der Waals surface area contributed by atoms with E-state index in [-0.39, 0.29) is 18.0 Å². The number of rotatable bonds is 4. The normalized spacial score (nSPS) is 10.4. The average Bonchev–Trinajstić information content (AvgIpc) is 2.26. The van der Waals surface area contributed by atoms with Crippen LogP contribution in [0.1, 0.15) is 27.2 Å². The van der Waals surface area contributed by atoms with Crippen LogP contribution in [0.5, 0.6) is 0 Å². The molecule has 0 radical (unpaired) electrons. The molecule has 6 nitrogen and oxygen atoms in total. The van der Waals surface area contributed by atoms with Crippen LogP contribution >= 0.6 is 0 Å². The highest BCUT2D eigenvalue weighted by molar-refractivity contribution is 5.97. The zero-order chi connectivity index (χ0) is 14.0. The summed E-state index contributed by atoms with van der Waals surface area (Å²) < 4.78 is 8.51. The molecule has 0 spiro atoms. The molecule has 1 unspecified atom stereocenters. The third-order valence-electron chi connectivity index (χ3n) is 1.79. The minimum Gasteiger partial charge on any atom is -0.469 e. The number of esters is 2. The van der Waals surface area contributed by atoms with E-state index in [1.807, 2.05) is 0 Å². The first-order chi connectivity index (χ1) is 7.76. The molecular weight excluding hydrogens is 228 g/mol. The van der Waals surface area contributed by atoms with Gasteiger partial charge in [0.05, 0.1) is 14.2 Å². The number of carbonyl (C=O) groups excluding carboxylic acids is 4. The van der Waals surface area contributed by atoms with Crippen LogP contribution in [0.2, 0.25) is 0 Å². The summed E-state index contributed by atoms with van der Waals surface area (Å²) in [7, 11) is 2.52. The summed E-state index contributed by atoms with van der Waals surface area (Å²) in [6.45, 7) is 4.23. The molecular formula is C11H18O6. The fourth-order valence-corrected chi connectivity index (χ4v) is 0.618. The highest BCUT2D eigenvalue weighted by atomic mass is 16.5. The largest absolute Gasteiger partial charge is 0.469 e. The van der Waals surface area contributed by atoms with Gasteiger partial charge in [-0.05, 0) is 20.8 Å². The van der Waals surface area contributed by atoms with Crippen molar-refractivity contribution in [3.05, 3.63) is 0 Å². The van der Waals surface area contributed by atoms with Crippen molar-refractivity contribution < 1.29 is 28.7 Å². The van der Waals surface area contributed by atoms with Crippen molar-refractivity contribution in [1.82, 2.24) is 0 Å². The molecule has 0 aromatic rings. The number of carbonyl (C=O) groups is 4. The van der Waals surface area contributed by atoms with Crippen molar-refractivity contribution in [2.75, 3.05) is 14.2 Å². The van der Waals surface area contributed by atoms with Gasteiger partial charge in [-0.3, -0.25) is 19.2 Å². The number of methoxy groups -OCH3 is 2. The number of hydrogen-bond acceptors (Lipinski definition) is 6. The molecule has 0 fully saturated rings. The van der Waals surface area contributed by atoms with Gasteiger partial charge in [0.2, 0.25) is 0 Å². The molecule has 0 amide bonds. The zero-order valence-electron chi connectivity index (χ0n) is 10.7. The SMILES string of the molecule is COC(=O)C(C)C(C)=O.COC(=O)CC(C)=O. The molecule has 0 aromatic carbocycles. The predicted molar refractivity (Wildman–Crippen MR) is 59.2 cm³/mol. The molecule has 0 saturated carbocycles. The maximum atomic E-state index is 10.5. The Morgan fingerprint density at radius 2 is 1.47 bits per heavy atom. The van der Waals surface area contributed by atoms with Crippen LogP contribution in [-0.2, 0) is 28.7 Å². The van der Waals surface area contributed by atoms with Crippen LogP contribution in [0.25, 0.3) is 0 Å². The van der Waals surface area contributed by atoms with Crippen LogP contribution in [0, 0.1) is 5.92 Å². The number of Topliss-reactive ketones (excluding diaryl/α,β-unsaturated/α-hetero) is 2. The Hall–Kier alpha value is -1.72. The topological polar surface area (TPSA) is 86.7 Å². The van der Waals surface area contributed by atoms with Crippen LogP contribution in [0.4, 0.5) is 0 Å². The molecule has 0 saturated heterocycles. The van der Waals surface area contributed by atoms with Crippen LogP contribution in [0.3, 0.4) is 0 Å². The van der Waals surface area contributed by atoms with Gasteiger partial charge in [-0.2, -0.15) is 0 Å². The Bertz CT molecular complexity index is 294. The van der Waals surface area contributed by atoms with E-state index in [9.17, 15) is 19.2 Å². The molecule has 0 rings (SSSR count). The second kappa shape index (κ2) is 9.50. The molecule has 0 aromatic heterocycles. The van der Waals surface area contributed by atoms with E-state index in [2.05, 4.69) is 9.47 Å². The maximum Gasteiger partial charge on any atom is 0.315 e. The van der Waals surface area contributed by atoms with Gasteiger partial charge in [0.25, 0.3) is 0 Å². The second-order valence-corrected chi connectivity index (χ2v) is 3.31. The van der Waals surface area contributed by atoms with Gasteiger partial charge >= 0.3 is 11.9 Å². The van der Waals surface area contributed by atoms with Crippen molar-refractivity contribution in [3.63, 3.8) is 0 Å². The molecule has 0 aliphatic carbocycles. The molecule has 0 heterocycles. The third-order valence-corrected chi connectivity index (χ3v) is 1.79. The molecule has 0 bridgehead atoms. The molecule has 1 atom stereocenters.